The van der Waals surface area contributed by atoms with Gasteiger partial charge in [-0.15, -0.1) is 0 Å². The summed E-state index contributed by atoms with van der Waals surface area (Å²) in [7, 11) is 0. The van der Waals surface area contributed by atoms with E-state index in [4.69, 9.17) is 5.11 Å². The number of nitrogens with one attached hydrogen (secondary N) is 1. The number of hydrogen-bond acceptors (Lipinski definition) is 2. The van der Waals surface area contributed by atoms with Crippen LogP contribution in [0, 0.1) is 5.92 Å². The van der Waals surface area contributed by atoms with Crippen LogP contribution in [0.2, 0.25) is 0 Å². The first-order chi connectivity index (χ1) is 9.10. The molecule has 0 heterocycles. The number of benzene rings is 1. The Bertz CT molecular complexity index is 467. The van der Waals surface area contributed by atoms with Gasteiger partial charge in [-0.2, -0.15) is 0 Å². The highest BCUT2D eigenvalue weighted by molar-refractivity contribution is 5.87. The summed E-state index contributed by atoms with van der Waals surface area (Å²) in [6, 6.07) is 6.80. The van der Waals surface area contributed by atoms with Gasteiger partial charge in [-0.05, 0) is 36.5 Å². The number of amides is 1. The number of carboxylic acids is 1. The Balaban J connectivity index is 1.81. The lowest BCUT2D eigenvalue weighted by Crippen LogP contribution is -2.28. The zero-order valence-corrected chi connectivity index (χ0v) is 11.1. The van der Waals surface area contributed by atoms with E-state index >= 15 is 0 Å². The Labute approximate surface area is 112 Å². The molecule has 0 radical (unpaired) electrons. The first-order valence-electron chi connectivity index (χ1n) is 6.71. The number of carbonyl (C=O) groups is 2. The lowest BCUT2D eigenvalue weighted by molar-refractivity contribution is -0.120. The minimum absolute atomic E-state index is 0.0201. The molecule has 1 fully saturated rings. The van der Waals surface area contributed by atoms with Gasteiger partial charge < -0.3 is 10.4 Å². The number of aromatic carboxylic acids is 1. The average molecular weight is 261 g/mol. The predicted molar refractivity (Wildman–Crippen MR) is 72.1 cm³/mol. The topological polar surface area (TPSA) is 66.4 Å². The molecular formula is C15H19NO3. The Kier molecular flexibility index (Phi) is 4.20. The summed E-state index contributed by atoms with van der Waals surface area (Å²) < 4.78 is 0. The largest absolute Gasteiger partial charge is 0.478 e. The van der Waals surface area contributed by atoms with Crippen LogP contribution in [0.15, 0.2) is 24.3 Å². The molecule has 1 aliphatic rings. The van der Waals surface area contributed by atoms with Gasteiger partial charge in [0.2, 0.25) is 5.91 Å². The van der Waals surface area contributed by atoms with E-state index in [2.05, 4.69) is 12.2 Å². The van der Waals surface area contributed by atoms with Crippen molar-refractivity contribution in [3.8, 4) is 0 Å². The van der Waals surface area contributed by atoms with Crippen LogP contribution in [-0.4, -0.2) is 23.0 Å². The van der Waals surface area contributed by atoms with E-state index in [1.807, 2.05) is 0 Å². The fourth-order valence-electron chi connectivity index (χ4n) is 2.32. The summed E-state index contributed by atoms with van der Waals surface area (Å²) in [4.78, 5) is 22.5. The van der Waals surface area contributed by atoms with Crippen molar-refractivity contribution in [1.29, 1.82) is 0 Å². The molecule has 0 spiro atoms. The Morgan fingerprint density at radius 3 is 2.58 bits per heavy atom. The standard InChI is InChI=1S/C15H19NO3/c1-2-3-12-9-13(12)16-14(17)8-10-4-6-11(7-5-10)15(18)19/h4-7,12-13H,2-3,8-9H2,1H3,(H,16,17)(H,18,19). The SMILES string of the molecule is CCCC1CC1NC(=O)Cc1ccc(C(=O)O)cc1. The van der Waals surface area contributed by atoms with Crippen LogP contribution in [0.25, 0.3) is 0 Å². The second-order valence-corrected chi connectivity index (χ2v) is 5.14. The fourth-order valence-corrected chi connectivity index (χ4v) is 2.32. The van der Waals surface area contributed by atoms with Crippen molar-refractivity contribution in [1.82, 2.24) is 5.32 Å². The summed E-state index contributed by atoms with van der Waals surface area (Å²) in [6.07, 6.45) is 3.75. The van der Waals surface area contributed by atoms with Gasteiger partial charge in [0.1, 0.15) is 0 Å². The lowest BCUT2D eigenvalue weighted by Gasteiger charge is -2.05. The molecule has 2 rings (SSSR count). The third-order valence-corrected chi connectivity index (χ3v) is 3.49. The smallest absolute Gasteiger partial charge is 0.335 e. The minimum atomic E-state index is -0.948. The minimum Gasteiger partial charge on any atom is -0.478 e. The molecule has 2 unspecified atom stereocenters. The maximum Gasteiger partial charge on any atom is 0.335 e. The lowest BCUT2D eigenvalue weighted by atomic mass is 10.1. The molecule has 0 saturated heterocycles. The Morgan fingerprint density at radius 2 is 2.00 bits per heavy atom. The summed E-state index contributed by atoms with van der Waals surface area (Å²) in [6.45, 7) is 2.15. The number of rotatable bonds is 6. The van der Waals surface area contributed by atoms with E-state index in [0.29, 0.717) is 18.4 Å². The monoisotopic (exact) mass is 261 g/mol. The highest BCUT2D eigenvalue weighted by atomic mass is 16.4. The third-order valence-electron chi connectivity index (χ3n) is 3.49. The first-order valence-corrected chi connectivity index (χ1v) is 6.71. The van der Waals surface area contributed by atoms with Gasteiger partial charge in [-0.3, -0.25) is 4.79 Å². The van der Waals surface area contributed by atoms with Gasteiger partial charge >= 0.3 is 5.97 Å². The molecule has 2 N–H and O–H groups in total. The number of carboxylic acid groups (broad SMARTS) is 1. The third kappa shape index (κ3) is 3.81. The van der Waals surface area contributed by atoms with Crippen molar-refractivity contribution >= 4 is 11.9 Å². The molecule has 0 aliphatic heterocycles. The maximum absolute atomic E-state index is 11.8. The van der Waals surface area contributed by atoms with E-state index in [1.165, 1.54) is 18.6 Å². The van der Waals surface area contributed by atoms with E-state index in [0.717, 1.165) is 18.4 Å². The van der Waals surface area contributed by atoms with Crippen LogP contribution in [0.5, 0.6) is 0 Å². The average Bonchev–Trinajstić information content (AvgIpc) is 3.08. The molecule has 2 atom stereocenters. The van der Waals surface area contributed by atoms with Gasteiger partial charge in [0.25, 0.3) is 0 Å². The molecule has 1 saturated carbocycles. The van der Waals surface area contributed by atoms with Crippen LogP contribution in [-0.2, 0) is 11.2 Å². The highest BCUT2D eigenvalue weighted by Gasteiger charge is 2.36. The molecule has 4 heteroatoms. The number of hydrogen-bond donors (Lipinski definition) is 2. The molecule has 102 valence electrons. The van der Waals surface area contributed by atoms with E-state index in [9.17, 15) is 9.59 Å². The highest BCUT2D eigenvalue weighted by Crippen LogP contribution is 2.34. The Morgan fingerprint density at radius 1 is 1.32 bits per heavy atom. The van der Waals surface area contributed by atoms with Crippen LogP contribution < -0.4 is 5.32 Å². The molecule has 4 nitrogen and oxygen atoms in total. The Hall–Kier alpha value is -1.84. The second kappa shape index (κ2) is 5.87. The summed E-state index contributed by atoms with van der Waals surface area (Å²) in [5, 5.41) is 11.8. The fraction of sp³-hybridized carbons (Fsp3) is 0.467. The molecule has 1 aromatic rings. The summed E-state index contributed by atoms with van der Waals surface area (Å²) in [5.41, 5.74) is 1.09. The van der Waals surface area contributed by atoms with Crippen LogP contribution in [0.3, 0.4) is 0 Å². The normalized spacial score (nSPS) is 20.9. The van der Waals surface area contributed by atoms with Crippen LogP contribution in [0.1, 0.15) is 42.1 Å². The zero-order chi connectivity index (χ0) is 13.8. The van der Waals surface area contributed by atoms with Gasteiger partial charge in [0.15, 0.2) is 0 Å². The van der Waals surface area contributed by atoms with Crippen molar-refractivity contribution in [2.24, 2.45) is 5.92 Å². The van der Waals surface area contributed by atoms with E-state index in [-0.39, 0.29) is 11.5 Å². The second-order valence-electron chi connectivity index (χ2n) is 5.14. The molecule has 1 amide bonds. The molecule has 1 aromatic carbocycles. The summed E-state index contributed by atoms with van der Waals surface area (Å²) in [5.74, 6) is -0.272. The molecule has 19 heavy (non-hydrogen) atoms. The predicted octanol–water partition coefficient (Wildman–Crippen LogP) is 2.23. The quantitative estimate of drug-likeness (QED) is 0.825. The molecule has 0 bridgehead atoms. The molecule has 1 aliphatic carbocycles. The molecule has 0 aromatic heterocycles. The van der Waals surface area contributed by atoms with Gasteiger partial charge in [-0.25, -0.2) is 4.79 Å². The van der Waals surface area contributed by atoms with Crippen molar-refractivity contribution in [2.75, 3.05) is 0 Å². The molecular weight excluding hydrogens is 242 g/mol. The van der Waals surface area contributed by atoms with Crippen LogP contribution in [0.4, 0.5) is 0 Å². The van der Waals surface area contributed by atoms with E-state index < -0.39 is 5.97 Å². The maximum atomic E-state index is 11.8. The van der Waals surface area contributed by atoms with Gasteiger partial charge in [0.05, 0.1) is 12.0 Å². The van der Waals surface area contributed by atoms with Crippen LogP contribution >= 0.6 is 0 Å². The van der Waals surface area contributed by atoms with E-state index in [1.54, 1.807) is 12.1 Å². The number of carbonyl (C=O) groups excluding carboxylic acids is 1. The zero-order valence-electron chi connectivity index (χ0n) is 11.1. The van der Waals surface area contributed by atoms with Gasteiger partial charge in [-0.1, -0.05) is 25.5 Å². The van der Waals surface area contributed by atoms with Crippen molar-refractivity contribution < 1.29 is 14.7 Å². The van der Waals surface area contributed by atoms with Crippen molar-refractivity contribution in [3.05, 3.63) is 35.4 Å². The first kappa shape index (κ1) is 13.6. The summed E-state index contributed by atoms with van der Waals surface area (Å²) >= 11 is 0. The van der Waals surface area contributed by atoms with Crippen molar-refractivity contribution in [2.45, 2.75) is 38.6 Å². The van der Waals surface area contributed by atoms with Gasteiger partial charge in [0, 0.05) is 6.04 Å². The van der Waals surface area contributed by atoms with Crippen molar-refractivity contribution in [3.63, 3.8) is 0 Å².